The Kier molecular flexibility index (Phi) is 4.53. The molecule has 0 saturated carbocycles. The second-order valence-electron chi connectivity index (χ2n) is 3.34. The molecule has 0 fully saturated rings. The van der Waals surface area contributed by atoms with E-state index in [0.29, 0.717) is 5.56 Å². The fourth-order valence-corrected chi connectivity index (χ4v) is 1.17. The van der Waals surface area contributed by atoms with Gasteiger partial charge in [-0.1, -0.05) is 0 Å². The SMILES string of the molecule is CN(N=O)C(O)CCC(=O)c1cccnc1. The number of nitrogens with zero attached hydrogens (tertiary/aromatic N) is 3. The molecule has 1 rings (SSSR count). The minimum atomic E-state index is -1.03. The zero-order valence-electron chi connectivity index (χ0n) is 8.91. The van der Waals surface area contributed by atoms with Gasteiger partial charge in [0.1, 0.15) is 6.23 Å². The molecule has 0 aliphatic carbocycles. The molecule has 1 N–H and O–H groups in total. The molecule has 0 aromatic carbocycles. The summed E-state index contributed by atoms with van der Waals surface area (Å²) in [6, 6.07) is 3.33. The van der Waals surface area contributed by atoms with Crippen LogP contribution in [0.25, 0.3) is 0 Å². The van der Waals surface area contributed by atoms with Gasteiger partial charge < -0.3 is 5.11 Å². The van der Waals surface area contributed by atoms with Gasteiger partial charge in [0.25, 0.3) is 0 Å². The van der Waals surface area contributed by atoms with Gasteiger partial charge in [-0.3, -0.25) is 9.78 Å². The lowest BCUT2D eigenvalue weighted by Gasteiger charge is -2.15. The van der Waals surface area contributed by atoms with Crippen molar-refractivity contribution in [2.24, 2.45) is 5.29 Å². The van der Waals surface area contributed by atoms with Gasteiger partial charge in [0.05, 0.1) is 5.29 Å². The lowest BCUT2D eigenvalue weighted by molar-refractivity contribution is 0.0148. The van der Waals surface area contributed by atoms with E-state index in [4.69, 9.17) is 0 Å². The summed E-state index contributed by atoms with van der Waals surface area (Å²) in [6.07, 6.45) is 2.33. The van der Waals surface area contributed by atoms with Crippen molar-refractivity contribution in [3.63, 3.8) is 0 Å². The number of hydrogen-bond donors (Lipinski definition) is 1. The Morgan fingerprint density at radius 1 is 1.69 bits per heavy atom. The summed E-state index contributed by atoms with van der Waals surface area (Å²) in [4.78, 5) is 25.5. The maximum Gasteiger partial charge on any atom is 0.164 e. The lowest BCUT2D eigenvalue weighted by Crippen LogP contribution is -2.26. The van der Waals surface area contributed by atoms with E-state index in [2.05, 4.69) is 10.3 Å². The quantitative estimate of drug-likeness (QED) is 0.336. The van der Waals surface area contributed by atoms with Crippen LogP contribution in [-0.4, -0.2) is 34.2 Å². The maximum absolute atomic E-state index is 11.6. The summed E-state index contributed by atoms with van der Waals surface area (Å²) < 4.78 is 0. The van der Waals surface area contributed by atoms with Crippen LogP contribution in [0.15, 0.2) is 29.8 Å². The molecule has 0 bridgehead atoms. The van der Waals surface area contributed by atoms with Gasteiger partial charge in [0.2, 0.25) is 0 Å². The first-order valence-electron chi connectivity index (χ1n) is 4.82. The molecule has 0 saturated heterocycles. The van der Waals surface area contributed by atoms with Crippen LogP contribution in [0, 0.1) is 4.91 Å². The number of rotatable bonds is 6. The predicted octanol–water partition coefficient (Wildman–Crippen LogP) is 0.976. The van der Waals surface area contributed by atoms with Gasteiger partial charge in [-0.05, 0) is 12.1 Å². The molecule has 0 amide bonds. The fraction of sp³-hybridized carbons (Fsp3) is 0.400. The summed E-state index contributed by atoms with van der Waals surface area (Å²) in [6.45, 7) is 0. The molecule has 0 radical (unpaired) electrons. The van der Waals surface area contributed by atoms with E-state index in [1.54, 1.807) is 18.3 Å². The van der Waals surface area contributed by atoms with Crippen LogP contribution >= 0.6 is 0 Å². The molecule has 16 heavy (non-hydrogen) atoms. The second kappa shape index (κ2) is 5.92. The third kappa shape index (κ3) is 3.39. The number of Topliss-reactive ketones (excluding diaryl/α,β-unsaturated/α-hetero) is 1. The number of nitroso groups, excluding NO2 is 1. The monoisotopic (exact) mass is 223 g/mol. The Morgan fingerprint density at radius 3 is 3.00 bits per heavy atom. The Bertz CT molecular complexity index is 356. The van der Waals surface area contributed by atoms with Gasteiger partial charge in [0.15, 0.2) is 5.78 Å². The highest BCUT2D eigenvalue weighted by Gasteiger charge is 2.13. The van der Waals surface area contributed by atoms with Crippen LogP contribution < -0.4 is 0 Å². The number of aromatic nitrogens is 1. The molecule has 1 aromatic heterocycles. The topological polar surface area (TPSA) is 82.9 Å². The minimum Gasteiger partial charge on any atom is -0.372 e. The van der Waals surface area contributed by atoms with Crippen LogP contribution in [-0.2, 0) is 0 Å². The predicted molar refractivity (Wildman–Crippen MR) is 57.4 cm³/mol. The Labute approximate surface area is 92.9 Å². The third-order valence-electron chi connectivity index (χ3n) is 2.17. The standard InChI is InChI=1S/C10H13N3O3/c1-13(12-16)10(15)5-4-9(14)8-3-2-6-11-7-8/h2-3,6-7,10,15H,4-5H2,1H3. The van der Waals surface area contributed by atoms with Crippen molar-refractivity contribution in [1.29, 1.82) is 0 Å². The van der Waals surface area contributed by atoms with Crippen molar-refractivity contribution < 1.29 is 9.90 Å². The number of carbonyl (C=O) groups is 1. The molecule has 0 aliphatic rings. The zero-order valence-corrected chi connectivity index (χ0v) is 8.91. The average Bonchev–Trinajstić information content (AvgIpc) is 2.35. The van der Waals surface area contributed by atoms with Crippen molar-refractivity contribution in [1.82, 2.24) is 9.99 Å². The van der Waals surface area contributed by atoms with E-state index in [9.17, 15) is 14.8 Å². The summed E-state index contributed by atoms with van der Waals surface area (Å²) >= 11 is 0. The van der Waals surface area contributed by atoms with E-state index >= 15 is 0 Å². The Balaban J connectivity index is 2.45. The molecule has 6 heteroatoms. The molecule has 1 heterocycles. The fourth-order valence-electron chi connectivity index (χ4n) is 1.17. The van der Waals surface area contributed by atoms with Crippen molar-refractivity contribution in [3.05, 3.63) is 35.0 Å². The van der Waals surface area contributed by atoms with Crippen LogP contribution in [0.4, 0.5) is 0 Å². The molecule has 1 aromatic rings. The number of hydrogen-bond acceptors (Lipinski definition) is 5. The van der Waals surface area contributed by atoms with Gasteiger partial charge in [-0.25, -0.2) is 5.01 Å². The van der Waals surface area contributed by atoms with E-state index in [1.807, 2.05) is 0 Å². The van der Waals surface area contributed by atoms with Gasteiger partial charge in [-0.2, -0.15) is 0 Å². The average molecular weight is 223 g/mol. The van der Waals surface area contributed by atoms with E-state index in [0.717, 1.165) is 5.01 Å². The van der Waals surface area contributed by atoms with Crippen molar-refractivity contribution in [2.45, 2.75) is 19.1 Å². The summed E-state index contributed by atoms with van der Waals surface area (Å²) in [5.41, 5.74) is 0.497. The number of aliphatic hydroxyl groups excluding tert-OH is 1. The van der Waals surface area contributed by atoms with Crippen LogP contribution in [0.3, 0.4) is 0 Å². The van der Waals surface area contributed by atoms with Gasteiger partial charge in [0, 0.05) is 37.8 Å². The number of pyridine rings is 1. The number of ketones is 1. The van der Waals surface area contributed by atoms with Crippen molar-refractivity contribution in [3.8, 4) is 0 Å². The third-order valence-corrected chi connectivity index (χ3v) is 2.17. The van der Waals surface area contributed by atoms with E-state index < -0.39 is 6.23 Å². The highest BCUT2D eigenvalue weighted by Crippen LogP contribution is 2.07. The van der Waals surface area contributed by atoms with Crippen LogP contribution in [0.1, 0.15) is 23.2 Å². The molecule has 6 nitrogen and oxygen atoms in total. The first kappa shape index (κ1) is 12.3. The highest BCUT2D eigenvalue weighted by atomic mass is 16.3. The highest BCUT2D eigenvalue weighted by molar-refractivity contribution is 5.95. The smallest absolute Gasteiger partial charge is 0.164 e. The molecule has 86 valence electrons. The first-order valence-corrected chi connectivity index (χ1v) is 4.82. The number of carbonyl (C=O) groups excluding carboxylic acids is 1. The number of aliphatic hydroxyl groups is 1. The van der Waals surface area contributed by atoms with E-state index in [-0.39, 0.29) is 18.6 Å². The van der Waals surface area contributed by atoms with Gasteiger partial charge in [-0.15, -0.1) is 4.91 Å². The van der Waals surface area contributed by atoms with E-state index in [1.165, 1.54) is 13.2 Å². The van der Waals surface area contributed by atoms with Crippen molar-refractivity contribution >= 4 is 5.78 Å². The molecule has 1 atom stereocenters. The second-order valence-corrected chi connectivity index (χ2v) is 3.34. The largest absolute Gasteiger partial charge is 0.372 e. The maximum atomic E-state index is 11.6. The van der Waals surface area contributed by atoms with Crippen LogP contribution in [0.2, 0.25) is 0 Å². The normalized spacial score (nSPS) is 11.9. The Morgan fingerprint density at radius 2 is 2.44 bits per heavy atom. The molecule has 0 spiro atoms. The Hall–Kier alpha value is -1.82. The molecule has 1 unspecified atom stereocenters. The van der Waals surface area contributed by atoms with Crippen molar-refractivity contribution in [2.75, 3.05) is 7.05 Å². The summed E-state index contributed by atoms with van der Waals surface area (Å²) in [7, 11) is 1.35. The summed E-state index contributed by atoms with van der Waals surface area (Å²) in [5.74, 6) is -0.119. The molecular formula is C10H13N3O3. The van der Waals surface area contributed by atoms with Gasteiger partial charge >= 0.3 is 0 Å². The lowest BCUT2D eigenvalue weighted by atomic mass is 10.1. The zero-order chi connectivity index (χ0) is 12.0. The minimum absolute atomic E-state index is 0.119. The summed E-state index contributed by atoms with van der Waals surface area (Å²) in [5, 5.41) is 12.8. The van der Waals surface area contributed by atoms with Crippen LogP contribution in [0.5, 0.6) is 0 Å². The first-order chi connectivity index (χ1) is 7.65. The molecular weight excluding hydrogens is 210 g/mol. The molecule has 0 aliphatic heterocycles.